The third kappa shape index (κ3) is 2.76. The molecular weight excluding hydrogens is 256 g/mol. The molecule has 1 saturated heterocycles. The fraction of sp³-hybridized carbons (Fsp3) is 0.571. The lowest BCUT2D eigenvalue weighted by Crippen LogP contribution is -2.22. The van der Waals surface area contributed by atoms with E-state index in [9.17, 15) is 0 Å². The summed E-state index contributed by atoms with van der Waals surface area (Å²) in [6.45, 7) is 5.44. The second-order valence-corrected chi connectivity index (χ2v) is 5.19. The zero-order valence-corrected chi connectivity index (χ0v) is 11.7. The topological polar surface area (TPSA) is 67.3 Å². The summed E-state index contributed by atoms with van der Waals surface area (Å²) in [5, 5.41) is 13.6. The normalized spacial score (nSPS) is 16.1. The third-order valence-electron chi connectivity index (χ3n) is 3.58. The summed E-state index contributed by atoms with van der Waals surface area (Å²) in [4.78, 5) is 6.95. The van der Waals surface area contributed by atoms with E-state index >= 15 is 0 Å². The largest absolute Gasteiger partial charge is 0.458 e. The van der Waals surface area contributed by atoms with Gasteiger partial charge in [0.1, 0.15) is 11.6 Å². The van der Waals surface area contributed by atoms with Crippen molar-refractivity contribution < 1.29 is 9.52 Å². The van der Waals surface area contributed by atoms with Gasteiger partial charge in [0.05, 0.1) is 19.7 Å². The van der Waals surface area contributed by atoms with Crippen molar-refractivity contribution in [2.45, 2.75) is 32.9 Å². The predicted octanol–water partition coefficient (Wildman–Crippen LogP) is 1.43. The maximum atomic E-state index is 9.16. The van der Waals surface area contributed by atoms with Crippen LogP contribution in [-0.4, -0.2) is 44.5 Å². The number of furan rings is 1. The highest BCUT2D eigenvalue weighted by atomic mass is 16.3. The predicted molar refractivity (Wildman–Crippen MR) is 74.1 cm³/mol. The molecule has 6 nitrogen and oxygen atoms in total. The van der Waals surface area contributed by atoms with Crippen molar-refractivity contribution in [3.05, 3.63) is 23.7 Å². The molecule has 0 atom stereocenters. The Morgan fingerprint density at radius 1 is 1.30 bits per heavy atom. The van der Waals surface area contributed by atoms with Gasteiger partial charge in [-0.3, -0.25) is 4.90 Å². The first-order valence-corrected chi connectivity index (χ1v) is 7.10. The van der Waals surface area contributed by atoms with Gasteiger partial charge < -0.3 is 9.52 Å². The fourth-order valence-electron chi connectivity index (χ4n) is 2.56. The first-order chi connectivity index (χ1) is 9.76. The Kier molecular flexibility index (Phi) is 3.84. The van der Waals surface area contributed by atoms with Crippen molar-refractivity contribution in [1.82, 2.24) is 19.7 Å². The number of aromatic nitrogens is 3. The van der Waals surface area contributed by atoms with E-state index in [2.05, 4.69) is 15.0 Å². The van der Waals surface area contributed by atoms with Crippen LogP contribution in [0.5, 0.6) is 0 Å². The number of hydrogen-bond donors (Lipinski definition) is 1. The maximum absolute atomic E-state index is 9.16. The molecule has 3 heterocycles. The summed E-state index contributed by atoms with van der Waals surface area (Å²) >= 11 is 0. The summed E-state index contributed by atoms with van der Waals surface area (Å²) in [6.07, 6.45) is 2.50. The van der Waals surface area contributed by atoms with Gasteiger partial charge in [-0.1, -0.05) is 0 Å². The molecule has 6 heteroatoms. The number of hydrogen-bond acceptors (Lipinski definition) is 5. The smallest absolute Gasteiger partial charge is 0.217 e. The van der Waals surface area contributed by atoms with Crippen molar-refractivity contribution in [3.8, 4) is 11.6 Å². The quantitative estimate of drug-likeness (QED) is 0.895. The molecule has 1 aliphatic heterocycles. The van der Waals surface area contributed by atoms with Crippen molar-refractivity contribution >= 4 is 0 Å². The minimum atomic E-state index is 0.0625. The summed E-state index contributed by atoms with van der Waals surface area (Å²) in [6, 6.07) is 3.79. The van der Waals surface area contributed by atoms with Gasteiger partial charge in [0, 0.05) is 0 Å². The molecular formula is C14H20N4O2. The van der Waals surface area contributed by atoms with E-state index in [4.69, 9.17) is 9.52 Å². The Morgan fingerprint density at radius 3 is 2.75 bits per heavy atom. The van der Waals surface area contributed by atoms with Crippen LogP contribution in [0.4, 0.5) is 0 Å². The molecule has 2 aromatic heterocycles. The third-order valence-corrected chi connectivity index (χ3v) is 3.58. The molecule has 0 spiro atoms. The molecule has 0 saturated carbocycles. The standard InChI is InChI=1S/C14H20N4O2/c1-11-4-5-12(20-11)14-15-13(18(16-14)8-9-19)10-17-6-2-3-7-17/h4-5,19H,2-3,6-10H2,1H3. The Morgan fingerprint density at radius 2 is 2.10 bits per heavy atom. The highest BCUT2D eigenvalue weighted by Crippen LogP contribution is 2.20. The fourth-order valence-corrected chi connectivity index (χ4v) is 2.56. The van der Waals surface area contributed by atoms with Crippen LogP contribution < -0.4 is 0 Å². The maximum Gasteiger partial charge on any atom is 0.217 e. The molecule has 0 amide bonds. The lowest BCUT2D eigenvalue weighted by molar-refractivity contribution is 0.258. The van der Waals surface area contributed by atoms with Gasteiger partial charge in [-0.2, -0.15) is 0 Å². The van der Waals surface area contributed by atoms with Crippen molar-refractivity contribution in [2.24, 2.45) is 0 Å². The van der Waals surface area contributed by atoms with Crippen LogP contribution in [0.3, 0.4) is 0 Å². The van der Waals surface area contributed by atoms with Gasteiger partial charge in [-0.05, 0) is 45.0 Å². The van der Waals surface area contributed by atoms with Crippen molar-refractivity contribution in [2.75, 3.05) is 19.7 Å². The van der Waals surface area contributed by atoms with Gasteiger partial charge in [0.2, 0.25) is 5.82 Å². The van der Waals surface area contributed by atoms with Crippen LogP contribution in [0.1, 0.15) is 24.4 Å². The Balaban J connectivity index is 1.85. The molecule has 1 N–H and O–H groups in total. The number of nitrogens with zero attached hydrogens (tertiary/aromatic N) is 4. The van der Waals surface area contributed by atoms with Gasteiger partial charge in [0.15, 0.2) is 5.76 Å². The average Bonchev–Trinajstić information content (AvgIpc) is 3.13. The van der Waals surface area contributed by atoms with E-state index in [1.807, 2.05) is 19.1 Å². The van der Waals surface area contributed by atoms with E-state index in [-0.39, 0.29) is 6.61 Å². The van der Waals surface area contributed by atoms with Crippen LogP contribution in [0, 0.1) is 6.92 Å². The highest BCUT2D eigenvalue weighted by Gasteiger charge is 2.18. The SMILES string of the molecule is Cc1ccc(-c2nc(CN3CCCC3)n(CCO)n2)o1. The number of aliphatic hydroxyl groups excluding tert-OH is 1. The number of aryl methyl sites for hydroxylation is 1. The van der Waals surface area contributed by atoms with E-state index in [1.165, 1.54) is 12.8 Å². The average molecular weight is 276 g/mol. The molecule has 0 aliphatic carbocycles. The zero-order valence-electron chi connectivity index (χ0n) is 11.7. The minimum Gasteiger partial charge on any atom is -0.458 e. The minimum absolute atomic E-state index is 0.0625. The first-order valence-electron chi connectivity index (χ1n) is 7.10. The molecule has 2 aromatic rings. The summed E-state index contributed by atoms with van der Waals surface area (Å²) in [5.74, 6) is 3.02. The van der Waals surface area contributed by atoms with Gasteiger partial charge in [-0.15, -0.1) is 5.10 Å². The Bertz CT molecular complexity index is 569. The second-order valence-electron chi connectivity index (χ2n) is 5.19. The van der Waals surface area contributed by atoms with Crippen LogP contribution in [0.15, 0.2) is 16.5 Å². The highest BCUT2D eigenvalue weighted by molar-refractivity contribution is 5.46. The van der Waals surface area contributed by atoms with E-state index in [0.717, 1.165) is 31.2 Å². The molecule has 0 unspecified atom stereocenters. The molecule has 0 radical (unpaired) electrons. The van der Waals surface area contributed by atoms with Crippen LogP contribution in [0.25, 0.3) is 11.6 Å². The first kappa shape index (κ1) is 13.3. The van der Waals surface area contributed by atoms with Crippen LogP contribution in [0.2, 0.25) is 0 Å². The van der Waals surface area contributed by atoms with Gasteiger partial charge in [0.25, 0.3) is 0 Å². The lowest BCUT2D eigenvalue weighted by atomic mass is 10.4. The number of rotatable bonds is 5. The van der Waals surface area contributed by atoms with E-state index < -0.39 is 0 Å². The molecule has 0 bridgehead atoms. The number of likely N-dealkylation sites (tertiary alicyclic amines) is 1. The van der Waals surface area contributed by atoms with E-state index in [0.29, 0.717) is 18.1 Å². The summed E-state index contributed by atoms with van der Waals surface area (Å²) in [7, 11) is 0. The Labute approximate surface area is 118 Å². The molecule has 20 heavy (non-hydrogen) atoms. The van der Waals surface area contributed by atoms with Crippen molar-refractivity contribution in [3.63, 3.8) is 0 Å². The Hall–Kier alpha value is -1.66. The van der Waals surface area contributed by atoms with Gasteiger partial charge >= 0.3 is 0 Å². The molecule has 1 fully saturated rings. The molecule has 0 aromatic carbocycles. The van der Waals surface area contributed by atoms with Crippen LogP contribution >= 0.6 is 0 Å². The monoisotopic (exact) mass is 276 g/mol. The zero-order chi connectivity index (χ0) is 13.9. The van der Waals surface area contributed by atoms with E-state index in [1.54, 1.807) is 4.68 Å². The van der Waals surface area contributed by atoms with Crippen molar-refractivity contribution in [1.29, 1.82) is 0 Å². The van der Waals surface area contributed by atoms with Crippen LogP contribution in [-0.2, 0) is 13.1 Å². The summed E-state index contributed by atoms with van der Waals surface area (Å²) in [5.41, 5.74) is 0. The lowest BCUT2D eigenvalue weighted by Gasteiger charge is -2.13. The van der Waals surface area contributed by atoms with Gasteiger partial charge in [-0.25, -0.2) is 9.67 Å². The molecule has 108 valence electrons. The summed E-state index contributed by atoms with van der Waals surface area (Å²) < 4.78 is 7.35. The molecule has 1 aliphatic rings. The molecule has 3 rings (SSSR count). The number of aliphatic hydroxyl groups is 1. The second kappa shape index (κ2) is 5.76.